The Bertz CT molecular complexity index is 1200. The van der Waals surface area contributed by atoms with Gasteiger partial charge in [0.15, 0.2) is 0 Å². The number of carbonyl (C=O) groups is 8. The number of nitrogens with one attached hydrogen (secondary N) is 7. The Morgan fingerprint density at radius 2 is 0.793 bits per heavy atom. The number of hydrogen-bond acceptors (Lipinski definition) is 10. The van der Waals surface area contributed by atoms with Gasteiger partial charge in [0.05, 0.1) is 0 Å². The molecule has 0 saturated carbocycles. The lowest BCUT2D eigenvalue weighted by Gasteiger charge is -2.22. The monoisotopic (exact) mass is 821 g/mol. The Kier molecular flexibility index (Phi) is 26.0. The van der Waals surface area contributed by atoms with Crippen LogP contribution in [-0.2, 0) is 38.4 Å². The van der Waals surface area contributed by atoms with Crippen LogP contribution in [0.1, 0.15) is 127 Å². The van der Waals surface area contributed by atoms with Gasteiger partial charge < -0.3 is 37.2 Å². The van der Waals surface area contributed by atoms with E-state index in [1.807, 2.05) is 46.4 Å². The van der Waals surface area contributed by atoms with E-state index in [0.29, 0.717) is 97.4 Å². The summed E-state index contributed by atoms with van der Waals surface area (Å²) in [6.45, 7) is 24.4. The molecule has 0 aromatic rings. The standard InChI is InChI=1S/C42H76N8O8/c1-31(43-22-24-48-38(57)41(5,6)7)15-16-32(51)13-12-28-50(29-26-46-36(55)19-17-34(53)44-21-11-14-33(52)40(2,3)4)30-27-47-37(56)20-18-35(54)45-23-25-49-39(58)42(8,9)10/h43H,1,11-30H2,2-10H3,(H,44,53)(H,45,54)(H,46,55)(H,47,56)(H,48,57)(H,49,58). The van der Waals surface area contributed by atoms with Crippen LogP contribution in [0.3, 0.4) is 0 Å². The molecule has 0 aliphatic heterocycles. The summed E-state index contributed by atoms with van der Waals surface area (Å²) in [5.74, 6) is -1.06. The van der Waals surface area contributed by atoms with Crippen molar-refractivity contribution < 1.29 is 38.4 Å². The number of carbonyl (C=O) groups excluding carboxylic acids is 8. The van der Waals surface area contributed by atoms with Gasteiger partial charge in [-0.3, -0.25) is 43.3 Å². The van der Waals surface area contributed by atoms with Gasteiger partial charge in [-0.2, -0.15) is 0 Å². The van der Waals surface area contributed by atoms with Crippen molar-refractivity contribution in [2.45, 2.75) is 127 Å². The van der Waals surface area contributed by atoms with Crippen LogP contribution in [0.4, 0.5) is 0 Å². The van der Waals surface area contributed by atoms with E-state index in [9.17, 15) is 38.4 Å². The summed E-state index contributed by atoms with van der Waals surface area (Å²) in [5.41, 5.74) is -0.686. The average molecular weight is 821 g/mol. The maximum absolute atomic E-state index is 12.7. The highest BCUT2D eigenvalue weighted by Crippen LogP contribution is 2.17. The SMILES string of the molecule is C=C(CCC(=O)CCCN(CCNC(=O)CCC(=O)NCCCC(=O)C(C)(C)C)CCNC(=O)CCC(=O)NCCNC(=O)C(C)(C)C)NCCNC(=O)C(C)(C)C. The van der Waals surface area contributed by atoms with Gasteiger partial charge >= 0.3 is 0 Å². The third-order valence-corrected chi connectivity index (χ3v) is 8.91. The minimum absolute atomic E-state index is 0.000927. The topological polar surface area (TPSA) is 224 Å². The number of Topliss-reactive ketones (excluding diaryl/α,β-unsaturated/α-hetero) is 2. The van der Waals surface area contributed by atoms with Crippen molar-refractivity contribution in [3.63, 3.8) is 0 Å². The lowest BCUT2D eigenvalue weighted by atomic mass is 9.88. The predicted molar refractivity (Wildman–Crippen MR) is 226 cm³/mol. The summed E-state index contributed by atoms with van der Waals surface area (Å²) in [4.78, 5) is 100. The van der Waals surface area contributed by atoms with Crippen molar-refractivity contribution in [2.24, 2.45) is 16.2 Å². The van der Waals surface area contributed by atoms with Crippen molar-refractivity contribution in [3.05, 3.63) is 12.3 Å². The van der Waals surface area contributed by atoms with Crippen LogP contribution in [0.5, 0.6) is 0 Å². The first-order valence-electron chi connectivity index (χ1n) is 20.7. The van der Waals surface area contributed by atoms with Gasteiger partial charge in [-0.05, 0) is 25.8 Å². The van der Waals surface area contributed by atoms with Crippen LogP contribution >= 0.6 is 0 Å². The number of rotatable bonds is 30. The maximum atomic E-state index is 12.7. The fourth-order valence-electron chi connectivity index (χ4n) is 5.03. The molecule has 0 saturated heterocycles. The normalized spacial score (nSPS) is 11.6. The molecule has 0 atom stereocenters. The van der Waals surface area contributed by atoms with E-state index in [1.54, 1.807) is 20.8 Å². The van der Waals surface area contributed by atoms with E-state index in [2.05, 4.69) is 43.8 Å². The molecule has 0 aliphatic rings. The number of nitrogens with zero attached hydrogens (tertiary/aromatic N) is 1. The minimum atomic E-state index is -0.525. The van der Waals surface area contributed by atoms with E-state index in [1.165, 1.54) is 0 Å². The molecule has 0 bridgehead atoms. The van der Waals surface area contributed by atoms with Gasteiger partial charge in [-0.1, -0.05) is 68.9 Å². The van der Waals surface area contributed by atoms with E-state index in [0.717, 1.165) is 5.70 Å². The van der Waals surface area contributed by atoms with Crippen LogP contribution in [0.15, 0.2) is 12.3 Å². The average Bonchev–Trinajstić information content (AvgIpc) is 3.12. The second-order valence-corrected chi connectivity index (χ2v) is 17.7. The number of amides is 6. The molecule has 0 unspecified atom stereocenters. The Morgan fingerprint density at radius 3 is 1.22 bits per heavy atom. The second kappa shape index (κ2) is 28.1. The largest absolute Gasteiger partial charge is 0.387 e. The molecule has 0 aromatic carbocycles. The minimum Gasteiger partial charge on any atom is -0.387 e. The molecule has 0 aliphatic carbocycles. The van der Waals surface area contributed by atoms with Crippen molar-refractivity contribution in [1.29, 1.82) is 0 Å². The molecule has 0 spiro atoms. The summed E-state index contributed by atoms with van der Waals surface area (Å²) in [6, 6.07) is 0. The van der Waals surface area contributed by atoms with Crippen LogP contribution < -0.4 is 37.2 Å². The lowest BCUT2D eigenvalue weighted by Crippen LogP contribution is -2.41. The summed E-state index contributed by atoms with van der Waals surface area (Å²) >= 11 is 0. The molecule has 332 valence electrons. The van der Waals surface area contributed by atoms with Gasteiger partial charge in [0, 0.05) is 126 Å². The molecular weight excluding hydrogens is 745 g/mol. The predicted octanol–water partition coefficient (Wildman–Crippen LogP) is 2.27. The molecule has 58 heavy (non-hydrogen) atoms. The first kappa shape index (κ1) is 53.7. The highest BCUT2D eigenvalue weighted by atomic mass is 16.2. The van der Waals surface area contributed by atoms with Crippen LogP contribution in [0, 0.1) is 16.2 Å². The summed E-state index contributed by atoms with van der Waals surface area (Å²) in [6.07, 6.45) is 2.68. The Labute approximate surface area is 347 Å². The Balaban J connectivity index is 4.78. The molecule has 0 radical (unpaired) electrons. The zero-order valence-electron chi connectivity index (χ0n) is 37.1. The zero-order valence-corrected chi connectivity index (χ0v) is 37.1. The Morgan fingerprint density at radius 1 is 0.397 bits per heavy atom. The molecule has 7 N–H and O–H groups in total. The van der Waals surface area contributed by atoms with Crippen molar-refractivity contribution >= 4 is 47.0 Å². The van der Waals surface area contributed by atoms with Crippen molar-refractivity contribution in [1.82, 2.24) is 42.1 Å². The highest BCUT2D eigenvalue weighted by molar-refractivity contribution is 5.85. The first-order chi connectivity index (χ1) is 26.9. The van der Waals surface area contributed by atoms with Crippen LogP contribution in [0.2, 0.25) is 0 Å². The van der Waals surface area contributed by atoms with Crippen molar-refractivity contribution in [2.75, 3.05) is 65.4 Å². The summed E-state index contributed by atoms with van der Waals surface area (Å²) < 4.78 is 0. The van der Waals surface area contributed by atoms with Gasteiger partial charge in [0.1, 0.15) is 11.6 Å². The van der Waals surface area contributed by atoms with Crippen LogP contribution in [0.25, 0.3) is 0 Å². The molecule has 0 aromatic heterocycles. The van der Waals surface area contributed by atoms with Gasteiger partial charge in [0.25, 0.3) is 0 Å². The van der Waals surface area contributed by atoms with Gasteiger partial charge in [-0.15, -0.1) is 0 Å². The Hall–Kier alpha value is -4.34. The second-order valence-electron chi connectivity index (χ2n) is 17.7. The zero-order chi connectivity index (χ0) is 44.4. The quantitative estimate of drug-likeness (QED) is 0.0524. The molecule has 16 nitrogen and oxygen atoms in total. The van der Waals surface area contributed by atoms with Crippen molar-refractivity contribution in [3.8, 4) is 0 Å². The van der Waals surface area contributed by atoms with Gasteiger partial charge in [0.2, 0.25) is 35.4 Å². The fourth-order valence-corrected chi connectivity index (χ4v) is 5.03. The third-order valence-electron chi connectivity index (χ3n) is 8.91. The maximum Gasteiger partial charge on any atom is 0.225 e. The van der Waals surface area contributed by atoms with E-state index < -0.39 is 16.2 Å². The smallest absolute Gasteiger partial charge is 0.225 e. The molecular formula is C42H76N8O8. The molecule has 0 rings (SSSR count). The van der Waals surface area contributed by atoms with Gasteiger partial charge in [-0.25, -0.2) is 0 Å². The molecule has 0 heterocycles. The summed E-state index contributed by atoms with van der Waals surface area (Å²) in [7, 11) is 0. The third kappa shape index (κ3) is 29.0. The van der Waals surface area contributed by atoms with E-state index >= 15 is 0 Å². The van der Waals surface area contributed by atoms with E-state index in [-0.39, 0.29) is 79.2 Å². The number of hydrogen-bond donors (Lipinski definition) is 7. The molecule has 0 fully saturated rings. The lowest BCUT2D eigenvalue weighted by molar-refractivity contribution is -0.129. The van der Waals surface area contributed by atoms with Crippen LogP contribution in [-0.4, -0.2) is 117 Å². The number of ketones is 2. The summed E-state index contributed by atoms with van der Waals surface area (Å²) in [5, 5.41) is 19.9. The fraction of sp³-hybridized carbons (Fsp3) is 0.762. The number of allylic oxidation sites excluding steroid dienone is 1. The molecule has 16 heteroatoms. The van der Waals surface area contributed by atoms with E-state index in [4.69, 9.17) is 0 Å². The first-order valence-corrected chi connectivity index (χ1v) is 20.7. The molecule has 6 amide bonds. The highest BCUT2D eigenvalue weighted by Gasteiger charge is 2.22.